The highest BCUT2D eigenvalue weighted by Gasteiger charge is 2.34. The molecule has 0 aliphatic rings. The van der Waals surface area contributed by atoms with Crippen molar-refractivity contribution in [3.05, 3.63) is 29.8 Å². The van der Waals surface area contributed by atoms with Gasteiger partial charge in [0.05, 0.1) is 5.56 Å². The van der Waals surface area contributed by atoms with Gasteiger partial charge in [-0.25, -0.2) is 8.78 Å². The lowest BCUT2D eigenvalue weighted by atomic mass is 10.2. The van der Waals surface area contributed by atoms with Crippen LogP contribution >= 0.6 is 21.4 Å². The van der Waals surface area contributed by atoms with Crippen LogP contribution in [0.1, 0.15) is 5.56 Å². The van der Waals surface area contributed by atoms with Crippen LogP contribution in [0.25, 0.3) is 0 Å². The van der Waals surface area contributed by atoms with E-state index in [-0.39, 0.29) is 0 Å². The third-order valence-electron chi connectivity index (χ3n) is 1.56. The molecule has 0 atom stereocenters. The van der Waals surface area contributed by atoms with E-state index in [1.807, 2.05) is 0 Å². The minimum Gasteiger partial charge on any atom is -0.487 e. The van der Waals surface area contributed by atoms with Crippen molar-refractivity contribution in [2.45, 2.75) is 12.6 Å². The molecular weight excluding hydrogens is 354 g/mol. The summed E-state index contributed by atoms with van der Waals surface area (Å²) in [5.74, 6) is -0.578. The van der Waals surface area contributed by atoms with Gasteiger partial charge in [-0.15, -0.1) is 0 Å². The lowest BCUT2D eigenvalue weighted by Crippen LogP contribution is -2.12. The van der Waals surface area contributed by atoms with Crippen molar-refractivity contribution in [3.63, 3.8) is 0 Å². The van der Waals surface area contributed by atoms with Crippen molar-refractivity contribution in [2.75, 3.05) is 6.61 Å². The van der Waals surface area contributed by atoms with E-state index < -0.39 is 38.8 Å². The molecule has 1 rings (SSSR count). The largest absolute Gasteiger partial charge is 0.487 e. The summed E-state index contributed by atoms with van der Waals surface area (Å²) in [7, 11) is 4.81. The van der Waals surface area contributed by atoms with E-state index in [2.05, 4.69) is 26.1 Å². The molecule has 0 aromatic heterocycles. The van der Waals surface area contributed by atoms with E-state index in [9.17, 15) is 22.0 Å². The van der Waals surface area contributed by atoms with Gasteiger partial charge in [0, 0.05) is 21.4 Å². The first-order chi connectivity index (χ1) is 8.91. The zero-order chi connectivity index (χ0) is 16.0. The van der Waals surface area contributed by atoms with Gasteiger partial charge in [0.1, 0.15) is 12.4 Å². The van der Waals surface area contributed by atoms with Gasteiger partial charge in [-0.2, -0.15) is 21.6 Å². The molecule has 0 N–H and O–H groups in total. The van der Waals surface area contributed by atoms with Gasteiger partial charge in [-0.1, -0.05) is 12.1 Å². The Balaban J connectivity index is 0.000000621. The average Bonchev–Trinajstić information content (AvgIpc) is 2.23. The molecule has 11 heteroatoms. The Bertz CT molecular complexity index is 511. The van der Waals surface area contributed by atoms with Crippen molar-refractivity contribution in [1.82, 2.24) is 0 Å². The Morgan fingerprint density at radius 2 is 1.60 bits per heavy atom. The van der Waals surface area contributed by atoms with Crippen LogP contribution in [-0.2, 0) is 14.4 Å². The Hall–Kier alpha value is -0.800. The van der Waals surface area contributed by atoms with E-state index in [1.165, 1.54) is 6.07 Å². The molecule has 0 fully saturated rings. The molecule has 0 bridgehead atoms. The highest BCUT2D eigenvalue weighted by Crippen LogP contribution is 2.35. The maximum Gasteiger partial charge on any atom is 0.419 e. The summed E-state index contributed by atoms with van der Waals surface area (Å²) < 4.78 is 83.1. The van der Waals surface area contributed by atoms with E-state index in [4.69, 9.17) is 8.42 Å². The standard InChI is InChI=1S/C9H7F5O.Cl2O2S/c10-8(11)5-15-7-4-2-1-3-6(7)9(12,13)14;1-5(2,3)4/h1-4,8H,5H2;. The number of ether oxygens (including phenoxy) is 1. The molecule has 1 aromatic carbocycles. The Kier molecular flexibility index (Phi) is 7.53. The van der Waals surface area contributed by atoms with Crippen LogP contribution in [0, 0.1) is 0 Å². The highest BCUT2D eigenvalue weighted by molar-refractivity contribution is 8.31. The van der Waals surface area contributed by atoms with Crippen molar-refractivity contribution in [3.8, 4) is 5.75 Å². The predicted molar refractivity (Wildman–Crippen MR) is 63.6 cm³/mol. The molecule has 116 valence electrons. The molecule has 0 saturated heterocycles. The highest BCUT2D eigenvalue weighted by atomic mass is 36.0. The summed E-state index contributed by atoms with van der Waals surface area (Å²) in [6.45, 7) is -1.05. The first kappa shape index (κ1) is 19.2. The lowest BCUT2D eigenvalue weighted by Gasteiger charge is -2.13. The maximum absolute atomic E-state index is 12.3. The van der Waals surface area contributed by atoms with Crippen molar-refractivity contribution >= 4 is 29.6 Å². The van der Waals surface area contributed by atoms with Gasteiger partial charge in [0.2, 0.25) is 0 Å². The minimum absolute atomic E-state index is 0.578. The van der Waals surface area contributed by atoms with Crippen LogP contribution in [0.15, 0.2) is 24.3 Å². The first-order valence-electron chi connectivity index (χ1n) is 4.62. The molecule has 0 aliphatic carbocycles. The zero-order valence-electron chi connectivity index (χ0n) is 9.37. The second-order valence-electron chi connectivity index (χ2n) is 3.07. The molecule has 0 saturated carbocycles. The molecule has 0 heterocycles. The average molecular weight is 361 g/mol. The molecule has 3 nitrogen and oxygen atoms in total. The van der Waals surface area contributed by atoms with Crippen LogP contribution in [0.3, 0.4) is 0 Å². The second-order valence-corrected chi connectivity index (χ2v) is 6.74. The van der Waals surface area contributed by atoms with Crippen molar-refractivity contribution in [2.24, 2.45) is 0 Å². The number of hydrogen-bond donors (Lipinski definition) is 0. The molecule has 0 spiro atoms. The molecule has 1 aromatic rings. The monoisotopic (exact) mass is 360 g/mol. The van der Waals surface area contributed by atoms with Gasteiger partial charge in [-0.05, 0) is 12.1 Å². The maximum atomic E-state index is 12.3. The Labute approximate surface area is 120 Å². The number of alkyl halides is 5. The number of hydrogen-bond acceptors (Lipinski definition) is 3. The third-order valence-corrected chi connectivity index (χ3v) is 1.56. The number of rotatable bonds is 3. The van der Waals surface area contributed by atoms with Crippen molar-refractivity contribution < 1.29 is 35.1 Å². The Morgan fingerprint density at radius 3 is 2.00 bits per heavy atom. The summed E-state index contributed by atoms with van der Waals surface area (Å²) in [6, 6.07) is 4.24. The number of halogens is 7. The van der Waals surface area contributed by atoms with Crippen molar-refractivity contribution in [1.29, 1.82) is 0 Å². The van der Waals surface area contributed by atoms with Gasteiger partial charge in [0.25, 0.3) is 6.43 Å². The molecule has 20 heavy (non-hydrogen) atoms. The third kappa shape index (κ3) is 10.0. The lowest BCUT2D eigenvalue weighted by molar-refractivity contribution is -0.139. The second kappa shape index (κ2) is 7.84. The predicted octanol–water partition coefficient (Wildman–Crippen LogP) is 4.06. The minimum atomic E-state index is -4.60. The molecule has 0 aliphatic heterocycles. The van der Waals surface area contributed by atoms with Gasteiger partial charge >= 0.3 is 14.4 Å². The summed E-state index contributed by atoms with van der Waals surface area (Å²) in [5.41, 5.74) is -1.05. The van der Waals surface area contributed by atoms with Crippen LogP contribution < -0.4 is 4.74 Å². The number of benzene rings is 1. The molecule has 0 radical (unpaired) electrons. The molecule has 0 unspecified atom stereocenters. The summed E-state index contributed by atoms with van der Waals surface area (Å²) in [6.07, 6.45) is -7.40. The van der Waals surface area contributed by atoms with Crippen LogP contribution in [0.5, 0.6) is 5.75 Å². The van der Waals surface area contributed by atoms with E-state index in [1.54, 1.807) is 0 Å². The summed E-state index contributed by atoms with van der Waals surface area (Å²) in [4.78, 5) is 0. The van der Waals surface area contributed by atoms with E-state index >= 15 is 0 Å². The fourth-order valence-corrected chi connectivity index (χ4v) is 0.979. The van der Waals surface area contributed by atoms with E-state index in [0.29, 0.717) is 0 Å². The Morgan fingerprint density at radius 1 is 1.15 bits per heavy atom. The topological polar surface area (TPSA) is 43.4 Å². The van der Waals surface area contributed by atoms with Gasteiger partial charge in [0.15, 0.2) is 0 Å². The normalized spacial score (nSPS) is 11.8. The fraction of sp³-hybridized carbons (Fsp3) is 0.333. The van der Waals surface area contributed by atoms with Crippen LogP contribution in [0.2, 0.25) is 0 Å². The zero-order valence-corrected chi connectivity index (χ0v) is 11.7. The van der Waals surface area contributed by atoms with Gasteiger partial charge < -0.3 is 4.74 Å². The summed E-state index contributed by atoms with van der Waals surface area (Å²) >= 11 is 0. The van der Waals surface area contributed by atoms with Crippen LogP contribution in [0.4, 0.5) is 22.0 Å². The van der Waals surface area contributed by atoms with Crippen LogP contribution in [-0.4, -0.2) is 21.5 Å². The molecular formula is C9H7Cl2F5O3S. The smallest absolute Gasteiger partial charge is 0.419 e. The first-order valence-corrected chi connectivity index (χ1v) is 7.76. The fourth-order valence-electron chi connectivity index (χ4n) is 0.979. The number of para-hydroxylation sites is 1. The SMILES string of the molecule is FC(F)COc1ccccc1C(F)(F)F.O=S(=O)(Cl)Cl. The quantitative estimate of drug-likeness (QED) is 0.603. The summed E-state index contributed by atoms with van der Waals surface area (Å²) in [5, 5.41) is 0. The van der Waals surface area contributed by atoms with E-state index in [0.717, 1.165) is 18.2 Å². The molecule has 0 amide bonds. The van der Waals surface area contributed by atoms with Gasteiger partial charge in [-0.3, -0.25) is 0 Å².